The molecule has 0 spiro atoms. The maximum Gasteiger partial charge on any atom is 0.272 e. The number of carbonyl (C=O) groups excluding carboxylic acids is 1. The predicted molar refractivity (Wildman–Crippen MR) is 140 cm³/mol. The van der Waals surface area contributed by atoms with Crippen LogP contribution < -0.4 is 25.8 Å². The number of hydrogen-bond acceptors (Lipinski definition) is 7. The summed E-state index contributed by atoms with van der Waals surface area (Å²) in [6.45, 7) is 0.967. The quantitative estimate of drug-likeness (QED) is 0.542. The second-order valence-electron chi connectivity index (χ2n) is 9.41. The number of amides is 1. The zero-order valence-corrected chi connectivity index (χ0v) is 21.1. The standard InChI is InChI=1S/C27H35N7O/c1-29-16-22(17-30-2)21-12-18(14-28)11-19(13-21)15-32-26(35)24-25-23(9-10-31-24)33(3)27(34(25)4)20-7-5-6-8-20/h9-13,16,20,27,29-30H,5-8,15,17H2,1-4H3,(H,32,35)/b22-16+. The SMILES string of the molecule is CN/C=C(\CNC)c1cc(C#N)cc(CNC(=O)c2nccc3c2N(C)C(C2CCCC2)N3C)c1. The molecular weight excluding hydrogens is 438 g/mol. The Kier molecular flexibility index (Phi) is 7.57. The van der Waals surface area contributed by atoms with Gasteiger partial charge in [-0.3, -0.25) is 4.79 Å². The van der Waals surface area contributed by atoms with Crippen molar-refractivity contribution in [2.75, 3.05) is 44.5 Å². The van der Waals surface area contributed by atoms with Gasteiger partial charge in [0.15, 0.2) is 5.69 Å². The minimum atomic E-state index is -0.209. The van der Waals surface area contributed by atoms with Crippen molar-refractivity contribution in [2.24, 2.45) is 5.92 Å². The number of nitrogens with one attached hydrogen (secondary N) is 3. The van der Waals surface area contributed by atoms with Crippen molar-refractivity contribution >= 4 is 22.9 Å². The van der Waals surface area contributed by atoms with E-state index in [1.54, 1.807) is 6.20 Å². The van der Waals surface area contributed by atoms with Crippen molar-refractivity contribution in [3.05, 3.63) is 59.0 Å². The summed E-state index contributed by atoms with van der Waals surface area (Å²) in [5, 5.41) is 18.8. The van der Waals surface area contributed by atoms with Crippen LogP contribution in [0.4, 0.5) is 11.4 Å². The van der Waals surface area contributed by atoms with Crippen molar-refractivity contribution in [2.45, 2.75) is 38.4 Å². The highest BCUT2D eigenvalue weighted by Crippen LogP contribution is 2.44. The molecule has 8 heteroatoms. The zero-order valence-electron chi connectivity index (χ0n) is 21.1. The zero-order chi connectivity index (χ0) is 24.9. The first-order valence-corrected chi connectivity index (χ1v) is 12.3. The lowest BCUT2D eigenvalue weighted by Crippen LogP contribution is -2.44. The van der Waals surface area contributed by atoms with Gasteiger partial charge in [0.25, 0.3) is 5.91 Å². The van der Waals surface area contributed by atoms with Gasteiger partial charge in [0.05, 0.1) is 23.0 Å². The van der Waals surface area contributed by atoms with E-state index in [-0.39, 0.29) is 12.1 Å². The number of benzene rings is 1. The predicted octanol–water partition coefficient (Wildman–Crippen LogP) is 3.07. The molecule has 35 heavy (non-hydrogen) atoms. The molecule has 0 radical (unpaired) electrons. The Balaban J connectivity index is 1.55. The van der Waals surface area contributed by atoms with E-state index in [4.69, 9.17) is 0 Å². The van der Waals surface area contributed by atoms with Crippen molar-refractivity contribution in [1.29, 1.82) is 5.26 Å². The van der Waals surface area contributed by atoms with E-state index in [0.29, 0.717) is 30.3 Å². The Labute approximate surface area is 208 Å². The van der Waals surface area contributed by atoms with Crippen LogP contribution in [-0.2, 0) is 6.54 Å². The van der Waals surface area contributed by atoms with E-state index >= 15 is 0 Å². The lowest BCUT2D eigenvalue weighted by atomic mass is 10.0. The Hall–Kier alpha value is -3.57. The summed E-state index contributed by atoms with van der Waals surface area (Å²) in [6, 6.07) is 9.93. The number of nitriles is 1. The lowest BCUT2D eigenvalue weighted by Gasteiger charge is -2.33. The van der Waals surface area contributed by atoms with Crippen LogP contribution in [-0.4, -0.2) is 51.8 Å². The maximum absolute atomic E-state index is 13.3. The van der Waals surface area contributed by atoms with Crippen LogP contribution in [0.2, 0.25) is 0 Å². The number of anilines is 2. The average molecular weight is 474 g/mol. The van der Waals surface area contributed by atoms with Crippen LogP contribution in [0, 0.1) is 17.2 Å². The molecule has 1 fully saturated rings. The van der Waals surface area contributed by atoms with Crippen LogP contribution in [0.3, 0.4) is 0 Å². The lowest BCUT2D eigenvalue weighted by molar-refractivity contribution is 0.0946. The molecule has 2 heterocycles. The van der Waals surface area contributed by atoms with Gasteiger partial charge in [0, 0.05) is 46.6 Å². The van der Waals surface area contributed by atoms with Gasteiger partial charge in [-0.05, 0) is 66.8 Å². The van der Waals surface area contributed by atoms with Crippen molar-refractivity contribution < 1.29 is 4.79 Å². The van der Waals surface area contributed by atoms with Crippen molar-refractivity contribution in [1.82, 2.24) is 20.9 Å². The molecule has 0 saturated heterocycles. The molecule has 1 unspecified atom stereocenters. The molecule has 2 aliphatic rings. The summed E-state index contributed by atoms with van der Waals surface area (Å²) < 4.78 is 0. The van der Waals surface area contributed by atoms with Gasteiger partial charge in [-0.25, -0.2) is 4.98 Å². The van der Waals surface area contributed by atoms with Gasteiger partial charge in [-0.1, -0.05) is 12.8 Å². The third-order valence-corrected chi connectivity index (χ3v) is 7.10. The highest BCUT2D eigenvalue weighted by molar-refractivity contribution is 6.02. The number of pyridine rings is 1. The summed E-state index contributed by atoms with van der Waals surface area (Å²) in [6.07, 6.45) is 8.87. The van der Waals surface area contributed by atoms with Gasteiger partial charge in [0.2, 0.25) is 0 Å². The maximum atomic E-state index is 13.3. The highest BCUT2D eigenvalue weighted by Gasteiger charge is 2.40. The van der Waals surface area contributed by atoms with Crippen LogP contribution >= 0.6 is 0 Å². The molecule has 3 N–H and O–H groups in total. The Morgan fingerprint density at radius 2 is 1.97 bits per heavy atom. The molecular formula is C27H35N7O. The monoisotopic (exact) mass is 473 g/mol. The molecule has 0 bridgehead atoms. The number of aromatic nitrogens is 1. The van der Waals surface area contributed by atoms with Crippen molar-refractivity contribution in [3.63, 3.8) is 0 Å². The summed E-state index contributed by atoms with van der Waals surface area (Å²) in [5.74, 6) is 0.386. The van der Waals surface area contributed by atoms with Gasteiger partial charge in [0.1, 0.15) is 6.17 Å². The normalized spacial score (nSPS) is 17.9. The number of hydrogen-bond donors (Lipinski definition) is 3. The number of nitrogens with zero attached hydrogens (tertiary/aromatic N) is 4. The van der Waals surface area contributed by atoms with Crippen LogP contribution in [0.15, 0.2) is 36.7 Å². The Bertz CT molecular complexity index is 1150. The topological polar surface area (TPSA) is 96.3 Å². The summed E-state index contributed by atoms with van der Waals surface area (Å²) >= 11 is 0. The molecule has 1 aliphatic heterocycles. The fourth-order valence-electron chi connectivity index (χ4n) is 5.58. The van der Waals surface area contributed by atoms with Gasteiger partial charge >= 0.3 is 0 Å². The fraction of sp³-hybridized carbons (Fsp3) is 0.444. The molecule has 1 saturated carbocycles. The van der Waals surface area contributed by atoms with E-state index < -0.39 is 0 Å². The number of rotatable bonds is 8. The summed E-state index contributed by atoms with van der Waals surface area (Å²) in [7, 11) is 7.92. The molecule has 1 amide bonds. The molecule has 1 atom stereocenters. The minimum Gasteiger partial charge on any atom is -0.394 e. The molecule has 8 nitrogen and oxygen atoms in total. The summed E-state index contributed by atoms with van der Waals surface area (Å²) in [4.78, 5) is 22.3. The Morgan fingerprint density at radius 1 is 1.20 bits per heavy atom. The third-order valence-electron chi connectivity index (χ3n) is 7.10. The molecule has 4 rings (SSSR count). The number of carbonyl (C=O) groups is 1. The van der Waals surface area contributed by atoms with Crippen LogP contribution in [0.5, 0.6) is 0 Å². The van der Waals surface area contributed by atoms with Gasteiger partial charge in [-0.2, -0.15) is 5.26 Å². The second kappa shape index (κ2) is 10.8. The van der Waals surface area contributed by atoms with E-state index in [9.17, 15) is 10.1 Å². The minimum absolute atomic E-state index is 0.209. The van der Waals surface area contributed by atoms with E-state index in [0.717, 1.165) is 28.1 Å². The molecule has 1 aliphatic carbocycles. The summed E-state index contributed by atoms with van der Waals surface area (Å²) in [5.41, 5.74) is 5.79. The van der Waals surface area contributed by atoms with E-state index in [2.05, 4.69) is 50.9 Å². The van der Waals surface area contributed by atoms with Gasteiger partial charge < -0.3 is 25.8 Å². The number of fused-ring (bicyclic) bond motifs is 1. The Morgan fingerprint density at radius 3 is 2.66 bits per heavy atom. The fourth-order valence-corrected chi connectivity index (χ4v) is 5.58. The second-order valence-corrected chi connectivity index (χ2v) is 9.41. The number of likely N-dealkylation sites (N-methyl/N-ethyl adjacent to an activating group) is 1. The van der Waals surface area contributed by atoms with Crippen LogP contribution in [0.25, 0.3) is 5.57 Å². The molecule has 1 aromatic heterocycles. The average Bonchev–Trinajstić information content (AvgIpc) is 3.48. The first kappa shape index (κ1) is 24.6. The molecule has 184 valence electrons. The first-order chi connectivity index (χ1) is 17.0. The van der Waals surface area contributed by atoms with Crippen molar-refractivity contribution in [3.8, 4) is 6.07 Å². The van der Waals surface area contributed by atoms with Crippen LogP contribution in [0.1, 0.15) is 52.9 Å². The van der Waals surface area contributed by atoms with Gasteiger partial charge in [-0.15, -0.1) is 0 Å². The largest absolute Gasteiger partial charge is 0.394 e. The van der Waals surface area contributed by atoms with E-state index in [1.165, 1.54) is 25.7 Å². The highest BCUT2D eigenvalue weighted by atomic mass is 16.1. The smallest absolute Gasteiger partial charge is 0.272 e. The molecule has 1 aromatic carbocycles. The third kappa shape index (κ3) is 4.96. The first-order valence-electron chi connectivity index (χ1n) is 12.3. The van der Waals surface area contributed by atoms with E-state index in [1.807, 2.05) is 44.6 Å². The molecule has 2 aromatic rings.